The maximum Gasteiger partial charge on any atom is 0.322 e. The number of nitrogens with zero attached hydrogens (tertiary/aromatic N) is 2. The van der Waals surface area contributed by atoms with Gasteiger partial charge in [-0.2, -0.15) is 8.61 Å². The molecule has 0 amide bonds. The van der Waals surface area contributed by atoms with Crippen LogP contribution in [0.15, 0.2) is 104 Å². The van der Waals surface area contributed by atoms with E-state index in [0.29, 0.717) is 23.0 Å². The van der Waals surface area contributed by atoms with Crippen LogP contribution in [0, 0.1) is 11.6 Å². The van der Waals surface area contributed by atoms with Gasteiger partial charge in [0.15, 0.2) is 5.78 Å². The van der Waals surface area contributed by atoms with Crippen LogP contribution in [0.2, 0.25) is 0 Å². The van der Waals surface area contributed by atoms with E-state index in [-0.39, 0.29) is 41.4 Å². The van der Waals surface area contributed by atoms with E-state index >= 15 is 0 Å². The first kappa shape index (κ1) is 47.8. The van der Waals surface area contributed by atoms with Crippen molar-refractivity contribution in [1.82, 2.24) is 8.61 Å². The lowest BCUT2D eigenvalue weighted by Gasteiger charge is -2.23. The minimum Gasteiger partial charge on any atom is -0.497 e. The zero-order valence-electron chi connectivity index (χ0n) is 31.6. The molecule has 0 aromatic heterocycles. The predicted octanol–water partition coefficient (Wildman–Crippen LogP) is 6.83. The molecule has 0 bridgehead atoms. The molecule has 2 fully saturated rings. The van der Waals surface area contributed by atoms with Gasteiger partial charge < -0.3 is 20.3 Å². The molecule has 4 aromatic carbocycles. The third-order valence-corrected chi connectivity index (χ3v) is 13.8. The number of carbonyl (C=O) groups is 2. The molecule has 6 rings (SSSR count). The fourth-order valence-electron chi connectivity index (χ4n) is 6.22. The third kappa shape index (κ3) is 12.8. The van der Waals surface area contributed by atoms with Crippen molar-refractivity contribution in [3.8, 4) is 11.5 Å². The molecule has 4 aromatic rings. The van der Waals surface area contributed by atoms with E-state index in [2.05, 4.69) is 31.9 Å². The zero-order valence-corrected chi connectivity index (χ0v) is 36.4. The quantitative estimate of drug-likeness (QED) is 0.143. The highest BCUT2D eigenvalue weighted by Gasteiger charge is 2.45. The predicted molar refractivity (Wildman–Crippen MR) is 217 cm³/mol. The van der Waals surface area contributed by atoms with Gasteiger partial charge in [0.1, 0.15) is 41.5 Å². The number of carboxylic acid groups (broad SMARTS) is 1. The number of hydrogen-bond acceptors (Lipinski definition) is 9. The molecule has 2 heterocycles. The Morgan fingerprint density at radius 2 is 1.12 bits per heavy atom. The van der Waals surface area contributed by atoms with Crippen molar-refractivity contribution in [3.05, 3.63) is 117 Å². The second kappa shape index (κ2) is 21.0. The highest BCUT2D eigenvalue weighted by atomic mass is 79.9. The number of carbonyl (C=O) groups excluding carboxylic acids is 1. The van der Waals surface area contributed by atoms with Crippen LogP contribution in [0.5, 0.6) is 11.5 Å². The molecule has 4 atom stereocenters. The van der Waals surface area contributed by atoms with Crippen molar-refractivity contribution < 1.29 is 58.6 Å². The molecule has 3 N–H and O–H groups in total. The number of hydrogen-bond donors (Lipinski definition) is 2. The first-order valence-electron chi connectivity index (χ1n) is 17.7. The maximum atomic E-state index is 14.1. The average molecular weight is 996 g/mol. The molecule has 0 radical (unpaired) electrons. The minimum absolute atomic E-state index is 0.0619. The largest absolute Gasteiger partial charge is 0.497 e. The van der Waals surface area contributed by atoms with Gasteiger partial charge in [-0.15, -0.1) is 0 Å². The van der Waals surface area contributed by atoms with Crippen LogP contribution in [0.3, 0.4) is 0 Å². The van der Waals surface area contributed by atoms with Crippen LogP contribution in [0.4, 0.5) is 17.6 Å². The summed E-state index contributed by atoms with van der Waals surface area (Å²) in [4.78, 5) is 23.3. The smallest absolute Gasteiger partial charge is 0.322 e. The number of aliphatic carboxylic acids is 1. The number of nitrogens with two attached hydrogens (primary N) is 1. The molecule has 0 aliphatic carbocycles. The Morgan fingerprint density at radius 1 is 0.712 bits per heavy atom. The normalized spacial score (nSPS) is 19.5. The molecule has 2 saturated heterocycles. The number of alkyl halides is 2. The molecule has 12 nitrogen and oxygen atoms in total. The summed E-state index contributed by atoms with van der Waals surface area (Å²) in [5, 5.41) is 8.92. The molecule has 0 saturated carbocycles. The van der Waals surface area contributed by atoms with Gasteiger partial charge in [-0.3, -0.25) is 9.59 Å². The van der Waals surface area contributed by atoms with E-state index < -0.39 is 68.6 Å². The summed E-state index contributed by atoms with van der Waals surface area (Å²) in [6.07, 6.45) is -3.07. The number of rotatable bonds is 12. The van der Waals surface area contributed by atoms with Crippen molar-refractivity contribution in [2.45, 2.75) is 66.4 Å². The Kier molecular flexibility index (Phi) is 17.0. The minimum atomic E-state index is -4.14. The topological polar surface area (TPSA) is 174 Å². The summed E-state index contributed by atoms with van der Waals surface area (Å²) in [6.45, 7) is -0.354. The highest BCUT2D eigenvalue weighted by molar-refractivity contribution is 9.10. The van der Waals surface area contributed by atoms with Crippen LogP contribution >= 0.6 is 31.9 Å². The Labute approximate surface area is 356 Å². The number of aryl methyl sites for hydroxylation is 1. The summed E-state index contributed by atoms with van der Waals surface area (Å²) in [5.41, 5.74) is 7.37. The molecule has 0 unspecified atom stereocenters. The first-order chi connectivity index (χ1) is 27.8. The molecule has 0 spiro atoms. The number of halogens is 6. The standard InChI is InChI=1S/C20H20BrF2NO4S.C11H11F2NO4S.C8H10BrNO/c1-28-17-9-13(8-14(21)10-17)2-7-20(25)19-11-16(23)12-24(19)29(26,27)18-5-3-15(22)4-6-18;12-7-1-3-9(4-2-7)19(17,18)14-6-8(13)5-10(14)11(15)16;1-11-8-3-6(5-10)2-7(9)4-8/h3-6,8-10,16,19H,2,7,11-12H2,1H3;1-4,8,10H,5-6H2,(H,15,16);2-4H,5,10H2,1H3/t16-,19+;8-,10+;/m11./s1. The molecule has 59 heavy (non-hydrogen) atoms. The summed E-state index contributed by atoms with van der Waals surface area (Å²) >= 11 is 6.73. The molecular weight excluding hydrogens is 954 g/mol. The molecular formula is C39H41Br2F4N3O9S2. The van der Waals surface area contributed by atoms with Crippen LogP contribution in [0.25, 0.3) is 0 Å². The van der Waals surface area contributed by atoms with Gasteiger partial charge in [0.05, 0.1) is 30.1 Å². The van der Waals surface area contributed by atoms with Crippen LogP contribution < -0.4 is 15.2 Å². The van der Waals surface area contributed by atoms with Crippen molar-refractivity contribution in [1.29, 1.82) is 0 Å². The highest BCUT2D eigenvalue weighted by Crippen LogP contribution is 2.31. The number of sulfonamides is 2. The third-order valence-electron chi connectivity index (χ3n) is 9.14. The number of Topliss-reactive ketones (excluding diaryl/α,β-unsaturated/α-hetero) is 1. The number of methoxy groups -OCH3 is 2. The van der Waals surface area contributed by atoms with Crippen molar-refractivity contribution in [2.75, 3.05) is 27.3 Å². The molecule has 2 aliphatic heterocycles. The van der Waals surface area contributed by atoms with E-state index in [4.69, 9.17) is 20.3 Å². The lowest BCUT2D eigenvalue weighted by atomic mass is 10.0. The van der Waals surface area contributed by atoms with Gasteiger partial charge in [0.25, 0.3) is 0 Å². The number of carboxylic acids is 1. The molecule has 2 aliphatic rings. The van der Waals surface area contributed by atoms with Gasteiger partial charge >= 0.3 is 5.97 Å². The Balaban J connectivity index is 0.000000219. The first-order valence-corrected chi connectivity index (χ1v) is 22.2. The zero-order chi connectivity index (χ0) is 43.7. The van der Waals surface area contributed by atoms with E-state index in [1.54, 1.807) is 19.2 Å². The summed E-state index contributed by atoms with van der Waals surface area (Å²) in [5.74, 6) is -1.48. The second-order valence-electron chi connectivity index (χ2n) is 13.3. The lowest BCUT2D eigenvalue weighted by Crippen LogP contribution is -2.40. The van der Waals surface area contributed by atoms with E-state index in [1.807, 2.05) is 24.3 Å². The van der Waals surface area contributed by atoms with E-state index in [9.17, 15) is 44.0 Å². The van der Waals surface area contributed by atoms with E-state index in [1.165, 1.54) is 7.11 Å². The second-order valence-corrected chi connectivity index (χ2v) is 18.9. The van der Waals surface area contributed by atoms with Crippen molar-refractivity contribution in [2.24, 2.45) is 5.73 Å². The lowest BCUT2D eigenvalue weighted by molar-refractivity contribution is -0.140. The van der Waals surface area contributed by atoms with Gasteiger partial charge in [-0.1, -0.05) is 31.9 Å². The Morgan fingerprint density at radius 3 is 1.54 bits per heavy atom. The van der Waals surface area contributed by atoms with Gasteiger partial charge in [-0.05, 0) is 102 Å². The molecule has 320 valence electrons. The maximum absolute atomic E-state index is 14.1. The Hall–Kier alpha value is -3.92. The summed E-state index contributed by atoms with van der Waals surface area (Å²) in [7, 11) is -5.06. The fourth-order valence-corrected chi connectivity index (χ4v) is 10.5. The summed E-state index contributed by atoms with van der Waals surface area (Å²) in [6, 6.07) is 16.9. The number of ketones is 1. The number of ether oxygens (including phenoxy) is 2. The number of benzene rings is 4. The van der Waals surface area contributed by atoms with Crippen molar-refractivity contribution in [3.63, 3.8) is 0 Å². The summed E-state index contributed by atoms with van der Waals surface area (Å²) < 4.78 is 117. The molecule has 20 heteroatoms. The average Bonchev–Trinajstić information content (AvgIpc) is 3.81. The van der Waals surface area contributed by atoms with Crippen LogP contribution in [-0.4, -0.2) is 94.0 Å². The van der Waals surface area contributed by atoms with Gasteiger partial charge in [-0.25, -0.2) is 34.4 Å². The van der Waals surface area contributed by atoms with Crippen LogP contribution in [-0.2, 0) is 42.6 Å². The fraction of sp³-hybridized carbons (Fsp3) is 0.333. The van der Waals surface area contributed by atoms with Crippen LogP contribution in [0.1, 0.15) is 30.4 Å². The SMILES string of the molecule is COc1cc(Br)cc(CCC(=O)[C@@H]2C[C@@H](F)CN2S(=O)(=O)c2ccc(F)cc2)c1.COc1cc(Br)cc(CN)c1.O=C(O)[C@@H]1C[C@@H](F)CN1S(=O)(=O)c1ccc(F)cc1. The Bertz CT molecular complexity index is 2290. The van der Waals surface area contributed by atoms with Gasteiger partial charge in [0, 0.05) is 47.8 Å². The van der Waals surface area contributed by atoms with Gasteiger partial charge in [0.2, 0.25) is 20.0 Å². The van der Waals surface area contributed by atoms with E-state index in [0.717, 1.165) is 78.7 Å². The monoisotopic (exact) mass is 993 g/mol. The van der Waals surface area contributed by atoms with Crippen molar-refractivity contribution >= 4 is 63.7 Å².